The van der Waals surface area contributed by atoms with Gasteiger partial charge in [0.15, 0.2) is 0 Å². The van der Waals surface area contributed by atoms with Crippen molar-refractivity contribution in [3.05, 3.63) is 83.6 Å². The van der Waals surface area contributed by atoms with Crippen LogP contribution in [0, 0.1) is 5.92 Å². The smallest absolute Gasteiger partial charge is 0.146 e. The molecule has 0 amide bonds. The number of aliphatic imine (C=N–C) groups is 1. The molecule has 2 aliphatic rings. The summed E-state index contributed by atoms with van der Waals surface area (Å²) >= 11 is 0. The number of hydrogen-bond acceptors (Lipinski definition) is 2. The molecule has 1 unspecified atom stereocenters. The fraction of sp³-hybridized carbons (Fsp3) is 0.286. The lowest BCUT2D eigenvalue weighted by atomic mass is 9.84. The maximum Gasteiger partial charge on any atom is 0.146 e. The zero-order chi connectivity index (χ0) is 15.7. The molecule has 116 valence electrons. The minimum atomic E-state index is -0.331. The maximum atomic E-state index is 6.07. The first kappa shape index (κ1) is 14.3. The van der Waals surface area contributed by atoms with Crippen LogP contribution in [0.1, 0.15) is 30.9 Å². The fourth-order valence-electron chi connectivity index (χ4n) is 3.50. The van der Waals surface area contributed by atoms with E-state index >= 15 is 0 Å². The average Bonchev–Trinajstić information content (AvgIpc) is 3.39. The van der Waals surface area contributed by atoms with E-state index in [9.17, 15) is 0 Å². The van der Waals surface area contributed by atoms with Crippen LogP contribution in [0.2, 0.25) is 0 Å². The standard InChI is InChI=1S/C21H21NO/c1-2-23-20-15-19(16-9-5-3-6-10-16)22-21(20,18-13-14-18)17-11-7-4-8-12-17/h3-12,15,18H,2,13-14H2,1H3. The van der Waals surface area contributed by atoms with E-state index < -0.39 is 0 Å². The van der Waals surface area contributed by atoms with Gasteiger partial charge in [0, 0.05) is 6.08 Å². The first-order valence-electron chi connectivity index (χ1n) is 8.40. The molecule has 2 aromatic carbocycles. The lowest BCUT2D eigenvalue weighted by Gasteiger charge is -2.30. The lowest BCUT2D eigenvalue weighted by molar-refractivity contribution is 0.169. The number of benzene rings is 2. The van der Waals surface area contributed by atoms with Gasteiger partial charge in [-0.2, -0.15) is 0 Å². The van der Waals surface area contributed by atoms with E-state index in [-0.39, 0.29) is 5.54 Å². The summed E-state index contributed by atoms with van der Waals surface area (Å²) in [6.45, 7) is 2.72. The van der Waals surface area contributed by atoms with Gasteiger partial charge in [0.2, 0.25) is 0 Å². The molecule has 1 fully saturated rings. The highest BCUT2D eigenvalue weighted by molar-refractivity contribution is 6.11. The van der Waals surface area contributed by atoms with E-state index in [0.717, 1.165) is 17.0 Å². The van der Waals surface area contributed by atoms with Gasteiger partial charge in [-0.15, -0.1) is 0 Å². The van der Waals surface area contributed by atoms with Crippen LogP contribution in [-0.4, -0.2) is 12.3 Å². The molecule has 1 heterocycles. The topological polar surface area (TPSA) is 21.6 Å². The van der Waals surface area contributed by atoms with E-state index in [1.54, 1.807) is 0 Å². The molecule has 0 bridgehead atoms. The van der Waals surface area contributed by atoms with Gasteiger partial charge in [0.1, 0.15) is 11.3 Å². The van der Waals surface area contributed by atoms with Crippen LogP contribution in [0.25, 0.3) is 0 Å². The van der Waals surface area contributed by atoms with E-state index in [1.165, 1.54) is 18.4 Å². The Kier molecular flexibility index (Phi) is 3.53. The van der Waals surface area contributed by atoms with Crippen molar-refractivity contribution in [3.63, 3.8) is 0 Å². The Morgan fingerprint density at radius 3 is 2.26 bits per heavy atom. The first-order chi connectivity index (χ1) is 11.3. The third kappa shape index (κ3) is 2.39. The molecule has 1 aliphatic carbocycles. The molecular weight excluding hydrogens is 282 g/mol. The predicted octanol–water partition coefficient (Wildman–Crippen LogP) is 4.72. The Morgan fingerprint density at radius 2 is 1.65 bits per heavy atom. The van der Waals surface area contributed by atoms with Crippen molar-refractivity contribution in [1.82, 2.24) is 0 Å². The minimum Gasteiger partial charge on any atom is -0.495 e. The molecule has 23 heavy (non-hydrogen) atoms. The molecule has 2 nitrogen and oxygen atoms in total. The third-order valence-corrected chi connectivity index (χ3v) is 4.69. The molecule has 0 radical (unpaired) electrons. The SMILES string of the molecule is CCOC1=CC(c2ccccc2)=NC1(c1ccccc1)C1CC1. The van der Waals surface area contributed by atoms with Gasteiger partial charge in [0.05, 0.1) is 12.3 Å². The number of ether oxygens (including phenoxy) is 1. The van der Waals surface area contributed by atoms with Crippen LogP contribution >= 0.6 is 0 Å². The maximum absolute atomic E-state index is 6.07. The van der Waals surface area contributed by atoms with Crippen molar-refractivity contribution in [2.75, 3.05) is 6.61 Å². The summed E-state index contributed by atoms with van der Waals surface area (Å²) in [6.07, 6.45) is 4.57. The number of rotatable bonds is 5. The second kappa shape index (κ2) is 5.69. The summed E-state index contributed by atoms with van der Waals surface area (Å²) in [7, 11) is 0. The molecule has 0 aromatic heterocycles. The van der Waals surface area contributed by atoms with E-state index in [0.29, 0.717) is 12.5 Å². The summed E-state index contributed by atoms with van der Waals surface area (Å²) in [6, 6.07) is 21.0. The molecular formula is C21H21NO. The van der Waals surface area contributed by atoms with Crippen molar-refractivity contribution in [1.29, 1.82) is 0 Å². The number of hydrogen-bond donors (Lipinski definition) is 0. The third-order valence-electron chi connectivity index (χ3n) is 4.69. The average molecular weight is 303 g/mol. The zero-order valence-corrected chi connectivity index (χ0v) is 13.4. The summed E-state index contributed by atoms with van der Waals surface area (Å²) < 4.78 is 6.07. The van der Waals surface area contributed by atoms with Gasteiger partial charge in [-0.05, 0) is 36.8 Å². The Hall–Kier alpha value is -2.35. The van der Waals surface area contributed by atoms with Crippen molar-refractivity contribution >= 4 is 5.71 Å². The van der Waals surface area contributed by atoms with E-state index in [2.05, 4.69) is 60.7 Å². The molecule has 0 saturated heterocycles. The van der Waals surface area contributed by atoms with Gasteiger partial charge in [-0.1, -0.05) is 60.7 Å². The second-order valence-electron chi connectivity index (χ2n) is 6.21. The lowest BCUT2D eigenvalue weighted by Crippen LogP contribution is -2.28. The highest BCUT2D eigenvalue weighted by Gasteiger charge is 2.52. The Bertz CT molecular complexity index is 744. The van der Waals surface area contributed by atoms with Crippen molar-refractivity contribution in [2.45, 2.75) is 25.3 Å². The van der Waals surface area contributed by atoms with Gasteiger partial charge >= 0.3 is 0 Å². The molecule has 2 aromatic rings. The highest BCUT2D eigenvalue weighted by atomic mass is 16.5. The monoisotopic (exact) mass is 303 g/mol. The Balaban J connectivity index is 1.86. The normalized spacial score (nSPS) is 23.3. The van der Waals surface area contributed by atoms with Crippen LogP contribution in [0.5, 0.6) is 0 Å². The van der Waals surface area contributed by atoms with Crippen LogP contribution < -0.4 is 0 Å². The molecule has 1 saturated carbocycles. The predicted molar refractivity (Wildman–Crippen MR) is 93.5 cm³/mol. The fourth-order valence-corrected chi connectivity index (χ4v) is 3.50. The molecule has 4 rings (SSSR count). The molecule has 1 aliphatic heterocycles. The summed E-state index contributed by atoms with van der Waals surface area (Å²) in [5.74, 6) is 1.55. The van der Waals surface area contributed by atoms with Gasteiger partial charge in [-0.25, -0.2) is 0 Å². The number of nitrogens with zero attached hydrogens (tertiary/aromatic N) is 1. The van der Waals surface area contributed by atoms with Gasteiger partial charge < -0.3 is 4.74 Å². The van der Waals surface area contributed by atoms with E-state index in [1.807, 2.05) is 13.0 Å². The molecule has 0 N–H and O–H groups in total. The van der Waals surface area contributed by atoms with Crippen molar-refractivity contribution in [3.8, 4) is 0 Å². The summed E-state index contributed by atoms with van der Waals surface area (Å²) in [4.78, 5) is 5.22. The van der Waals surface area contributed by atoms with Gasteiger partial charge in [-0.3, -0.25) is 4.99 Å². The van der Waals surface area contributed by atoms with Crippen LogP contribution in [-0.2, 0) is 10.3 Å². The zero-order valence-electron chi connectivity index (χ0n) is 13.4. The Morgan fingerprint density at radius 1 is 1.00 bits per heavy atom. The highest BCUT2D eigenvalue weighted by Crippen LogP contribution is 2.55. The summed E-state index contributed by atoms with van der Waals surface area (Å²) in [5, 5.41) is 0. The Labute approximate surface area is 137 Å². The van der Waals surface area contributed by atoms with E-state index in [4.69, 9.17) is 9.73 Å². The van der Waals surface area contributed by atoms with Crippen molar-refractivity contribution in [2.24, 2.45) is 10.9 Å². The molecule has 1 atom stereocenters. The molecule has 0 spiro atoms. The van der Waals surface area contributed by atoms with Gasteiger partial charge in [0.25, 0.3) is 0 Å². The van der Waals surface area contributed by atoms with Crippen LogP contribution in [0.3, 0.4) is 0 Å². The van der Waals surface area contributed by atoms with Crippen molar-refractivity contribution < 1.29 is 4.74 Å². The van der Waals surface area contributed by atoms with Crippen LogP contribution in [0.4, 0.5) is 0 Å². The summed E-state index contributed by atoms with van der Waals surface area (Å²) in [5.41, 5.74) is 3.10. The first-order valence-corrected chi connectivity index (χ1v) is 8.40. The molecule has 2 heteroatoms. The van der Waals surface area contributed by atoms with Crippen LogP contribution in [0.15, 0.2) is 77.5 Å². The quantitative estimate of drug-likeness (QED) is 0.783. The number of allylic oxidation sites excluding steroid dienone is 1. The second-order valence-corrected chi connectivity index (χ2v) is 6.21. The largest absolute Gasteiger partial charge is 0.495 e. The minimum absolute atomic E-state index is 0.331.